The van der Waals surface area contributed by atoms with Crippen LogP contribution in [0.2, 0.25) is 5.31 Å². The number of allylic oxidation sites excluding steroid dienone is 1. The smallest absolute Gasteiger partial charge is 0.459 e. The highest BCUT2D eigenvalue weighted by Crippen LogP contribution is 2.38. The van der Waals surface area contributed by atoms with Crippen LogP contribution in [0, 0.1) is 0 Å². The molecule has 0 bridgehead atoms. The second kappa shape index (κ2) is 11.1. The first-order valence-electron chi connectivity index (χ1n) is 12.4. The van der Waals surface area contributed by atoms with Gasteiger partial charge in [0, 0.05) is 35.9 Å². The number of anilines is 1. The number of ether oxygens (including phenoxy) is 1. The first-order chi connectivity index (χ1) is 18.0. The first kappa shape index (κ1) is 27.6. The Morgan fingerprint density at radius 1 is 1.29 bits per heavy atom. The Bertz CT molecular complexity index is 1370. The van der Waals surface area contributed by atoms with E-state index in [1.165, 1.54) is 0 Å². The third-order valence-electron chi connectivity index (χ3n) is 6.46. The summed E-state index contributed by atoms with van der Waals surface area (Å²) < 4.78 is 33.0. The molecule has 1 aromatic carbocycles. The number of rotatable bonds is 10. The molecule has 1 fully saturated rings. The Morgan fingerprint density at radius 3 is 2.76 bits per heavy atom. The van der Waals surface area contributed by atoms with Gasteiger partial charge in [0.1, 0.15) is 11.1 Å². The van der Waals surface area contributed by atoms with Gasteiger partial charge in [-0.2, -0.15) is 8.42 Å². The number of hydrogen-bond acceptors (Lipinski definition) is 9. The van der Waals surface area contributed by atoms with Crippen molar-refractivity contribution in [1.29, 1.82) is 0 Å². The summed E-state index contributed by atoms with van der Waals surface area (Å²) in [6.07, 6.45) is 8.54. The van der Waals surface area contributed by atoms with E-state index in [1.807, 2.05) is 29.0 Å². The van der Waals surface area contributed by atoms with Gasteiger partial charge in [-0.05, 0) is 60.9 Å². The molecule has 2 aromatic rings. The molecular weight excluding hydrogens is 509 g/mol. The minimum atomic E-state index is -4.36. The number of aliphatic imine (C=N–C) groups is 1. The predicted octanol–water partition coefficient (Wildman–Crippen LogP) is 2.35. The molecule has 6 N–H and O–H groups in total. The number of sulfonamides is 1. The van der Waals surface area contributed by atoms with Gasteiger partial charge >= 0.3 is 13.1 Å². The number of fused-ring (bicyclic) bond motifs is 1. The molecule has 0 atom stereocenters. The monoisotopic (exact) mass is 541 g/mol. The Hall–Kier alpha value is -3.42. The number of benzene rings is 1. The van der Waals surface area contributed by atoms with Gasteiger partial charge in [-0.1, -0.05) is 26.0 Å². The van der Waals surface area contributed by atoms with E-state index in [0.29, 0.717) is 11.6 Å². The molecule has 0 spiro atoms. The fourth-order valence-corrected chi connectivity index (χ4v) is 4.61. The number of nitrogens with two attached hydrogens (primary N) is 1. The average molecular weight is 541 g/mol. The Kier molecular flexibility index (Phi) is 8.09. The maximum absolute atomic E-state index is 12.9. The second-order valence-electron chi connectivity index (χ2n) is 10.2. The SMILES string of the molecule is CC(C)(CN=C/C=C(\N)S(=O)(=O)NC(=O)Nc1c(-c2ccnc(OC3CC3)c2)ccc2c1CCC2)B(O)O. The number of nitrogens with zero attached hydrogens (tertiary/aromatic N) is 2. The summed E-state index contributed by atoms with van der Waals surface area (Å²) in [7, 11) is -5.95. The number of aryl methyl sites for hydroxylation is 1. The molecule has 1 saturated carbocycles. The van der Waals surface area contributed by atoms with E-state index in [1.54, 1.807) is 20.0 Å². The third-order valence-corrected chi connectivity index (χ3v) is 7.67. The minimum Gasteiger partial charge on any atom is -0.474 e. The lowest BCUT2D eigenvalue weighted by Gasteiger charge is -2.19. The van der Waals surface area contributed by atoms with Crippen LogP contribution in [-0.4, -0.2) is 55.5 Å². The van der Waals surface area contributed by atoms with E-state index in [4.69, 9.17) is 10.5 Å². The van der Waals surface area contributed by atoms with Gasteiger partial charge in [0.15, 0.2) is 0 Å². The Balaban J connectivity index is 1.51. The van der Waals surface area contributed by atoms with Crippen molar-refractivity contribution in [3.05, 3.63) is 52.7 Å². The van der Waals surface area contributed by atoms with E-state index in [0.717, 1.165) is 66.6 Å². The highest BCUT2D eigenvalue weighted by Gasteiger charge is 2.31. The number of amides is 2. The van der Waals surface area contributed by atoms with Gasteiger partial charge in [0.05, 0.1) is 5.69 Å². The van der Waals surface area contributed by atoms with Crippen LogP contribution in [0.1, 0.15) is 44.2 Å². The molecule has 13 heteroatoms. The maximum Gasteiger partial charge on any atom is 0.459 e. The van der Waals surface area contributed by atoms with Crippen LogP contribution in [0.15, 0.2) is 46.6 Å². The lowest BCUT2D eigenvalue weighted by atomic mass is 9.60. The molecule has 202 valence electrons. The molecule has 1 heterocycles. The van der Waals surface area contributed by atoms with Crippen LogP contribution >= 0.6 is 0 Å². The van der Waals surface area contributed by atoms with Crippen molar-refractivity contribution in [1.82, 2.24) is 9.71 Å². The highest BCUT2D eigenvalue weighted by molar-refractivity contribution is 7.93. The van der Waals surface area contributed by atoms with Gasteiger partial charge in [0.25, 0.3) is 10.0 Å². The van der Waals surface area contributed by atoms with E-state index in [-0.39, 0.29) is 12.6 Å². The second-order valence-corrected chi connectivity index (χ2v) is 11.8. The summed E-state index contributed by atoms with van der Waals surface area (Å²) in [5, 5.41) is 19.8. The summed E-state index contributed by atoms with van der Waals surface area (Å²) >= 11 is 0. The molecule has 38 heavy (non-hydrogen) atoms. The topological polar surface area (TPSA) is 176 Å². The number of aromatic nitrogens is 1. The van der Waals surface area contributed by atoms with Crippen LogP contribution in [-0.2, 0) is 22.9 Å². The van der Waals surface area contributed by atoms with E-state index in [9.17, 15) is 23.3 Å². The number of carbonyl (C=O) groups is 1. The van der Waals surface area contributed by atoms with Gasteiger partial charge in [0.2, 0.25) is 5.88 Å². The zero-order valence-electron chi connectivity index (χ0n) is 21.3. The zero-order chi connectivity index (χ0) is 27.5. The molecule has 2 amide bonds. The summed E-state index contributed by atoms with van der Waals surface area (Å²) in [5.41, 5.74) is 9.80. The standard InChI is InChI=1S/C25H32BN5O6S/c1-25(2,26(33)34)15-28-12-11-21(27)38(35,36)31-24(32)30-23-19-5-3-4-16(19)6-9-20(23)17-10-13-29-22(14-17)37-18-7-8-18/h6,9-14,18,33-34H,3-5,7-8,15,27H2,1-2H3,(H2,30,31,32)/b21-11+,28-12?. The first-order valence-corrected chi connectivity index (χ1v) is 13.9. The number of hydrogen-bond donors (Lipinski definition) is 5. The lowest BCUT2D eigenvalue weighted by molar-refractivity contribution is 0.256. The highest BCUT2D eigenvalue weighted by atomic mass is 32.2. The predicted molar refractivity (Wildman–Crippen MR) is 146 cm³/mol. The van der Waals surface area contributed by atoms with Crippen LogP contribution in [0.4, 0.5) is 10.5 Å². The van der Waals surface area contributed by atoms with Crippen LogP contribution < -0.4 is 20.5 Å². The largest absolute Gasteiger partial charge is 0.474 e. The number of carbonyl (C=O) groups excluding carboxylic acids is 1. The van der Waals surface area contributed by atoms with Crippen LogP contribution in [0.3, 0.4) is 0 Å². The lowest BCUT2D eigenvalue weighted by Crippen LogP contribution is -2.37. The van der Waals surface area contributed by atoms with E-state index >= 15 is 0 Å². The van der Waals surface area contributed by atoms with Gasteiger partial charge in [-0.25, -0.2) is 14.5 Å². The van der Waals surface area contributed by atoms with Crippen molar-refractivity contribution >= 4 is 35.1 Å². The Labute approximate surface area is 222 Å². The molecule has 0 radical (unpaired) electrons. The molecule has 4 rings (SSSR count). The normalized spacial score (nSPS) is 15.8. The number of urea groups is 1. The quantitative estimate of drug-likeness (QED) is 0.225. The summed E-state index contributed by atoms with van der Waals surface area (Å²) in [4.78, 5) is 21.1. The van der Waals surface area contributed by atoms with Crippen LogP contribution in [0.25, 0.3) is 11.1 Å². The van der Waals surface area contributed by atoms with Crippen molar-refractivity contribution in [2.24, 2.45) is 10.7 Å². The molecule has 11 nitrogen and oxygen atoms in total. The van der Waals surface area contributed by atoms with E-state index < -0.39 is 33.5 Å². The Morgan fingerprint density at radius 2 is 2.05 bits per heavy atom. The molecule has 0 saturated heterocycles. The van der Waals surface area contributed by atoms with Crippen molar-refractivity contribution < 1.29 is 28.0 Å². The summed E-state index contributed by atoms with van der Waals surface area (Å²) in [5.74, 6) is 0.500. The van der Waals surface area contributed by atoms with Gasteiger partial charge < -0.3 is 25.8 Å². The van der Waals surface area contributed by atoms with Gasteiger partial charge in [-0.15, -0.1) is 0 Å². The van der Waals surface area contributed by atoms with Crippen LogP contribution in [0.5, 0.6) is 5.88 Å². The van der Waals surface area contributed by atoms with Crippen molar-refractivity contribution in [2.45, 2.75) is 57.4 Å². The number of pyridine rings is 1. The third kappa shape index (κ3) is 6.71. The molecule has 0 aliphatic heterocycles. The van der Waals surface area contributed by atoms with E-state index in [2.05, 4.69) is 15.3 Å². The molecular formula is C25H32BN5O6S. The minimum absolute atomic E-state index is 0.0206. The summed E-state index contributed by atoms with van der Waals surface area (Å²) in [6, 6.07) is 6.60. The van der Waals surface area contributed by atoms with Crippen molar-refractivity contribution in [3.8, 4) is 17.0 Å². The maximum atomic E-state index is 12.9. The zero-order valence-corrected chi connectivity index (χ0v) is 22.2. The molecule has 2 aliphatic rings. The van der Waals surface area contributed by atoms with Crippen molar-refractivity contribution in [2.75, 3.05) is 11.9 Å². The molecule has 0 unspecified atom stereocenters. The molecule has 2 aliphatic carbocycles. The fourth-order valence-electron chi connectivity index (χ4n) is 3.95. The average Bonchev–Trinajstić information content (AvgIpc) is 3.53. The van der Waals surface area contributed by atoms with Crippen molar-refractivity contribution in [3.63, 3.8) is 0 Å². The molecule has 1 aromatic heterocycles. The van der Waals surface area contributed by atoms with Gasteiger partial charge in [-0.3, -0.25) is 4.99 Å². The fraction of sp³-hybridized carbons (Fsp3) is 0.400. The summed E-state index contributed by atoms with van der Waals surface area (Å²) in [6.45, 7) is 3.20. The number of nitrogens with one attached hydrogen (secondary N) is 2.